The van der Waals surface area contributed by atoms with Crippen molar-refractivity contribution in [2.45, 2.75) is 19.8 Å². The van der Waals surface area contributed by atoms with E-state index in [4.69, 9.17) is 10.5 Å². The summed E-state index contributed by atoms with van der Waals surface area (Å²) in [6.45, 7) is 3.61. The maximum Gasteiger partial charge on any atom is 0.221 e. The third-order valence-electron chi connectivity index (χ3n) is 2.36. The number of carbonyl (C=O) groups is 1. The van der Waals surface area contributed by atoms with Crippen LogP contribution in [0.2, 0.25) is 0 Å². The molecule has 1 rings (SSSR count). The lowest BCUT2D eigenvalue weighted by atomic mass is 10.1. The standard InChI is InChI=1S/C13H20N2O2.ClH/c1-2-17-12-6-4-3-5-11(12)8-10-15-13(16)7-9-14;/h3-6H,2,7-10,14H2,1H3,(H,15,16);1H. The van der Waals surface area contributed by atoms with Gasteiger partial charge in [-0.1, -0.05) is 18.2 Å². The van der Waals surface area contributed by atoms with E-state index >= 15 is 0 Å². The van der Waals surface area contributed by atoms with E-state index in [0.717, 1.165) is 17.7 Å². The quantitative estimate of drug-likeness (QED) is 0.791. The van der Waals surface area contributed by atoms with Crippen LogP contribution in [0.5, 0.6) is 5.75 Å². The van der Waals surface area contributed by atoms with Crippen LogP contribution >= 0.6 is 12.4 Å². The van der Waals surface area contributed by atoms with E-state index in [9.17, 15) is 4.79 Å². The van der Waals surface area contributed by atoms with Crippen molar-refractivity contribution < 1.29 is 9.53 Å². The summed E-state index contributed by atoms with van der Waals surface area (Å²) in [6, 6.07) is 7.88. The topological polar surface area (TPSA) is 64.3 Å². The number of ether oxygens (including phenoxy) is 1. The fourth-order valence-corrected chi connectivity index (χ4v) is 1.56. The molecular weight excluding hydrogens is 252 g/mol. The summed E-state index contributed by atoms with van der Waals surface area (Å²) >= 11 is 0. The van der Waals surface area contributed by atoms with Crippen molar-refractivity contribution in [3.63, 3.8) is 0 Å². The molecule has 0 aliphatic heterocycles. The van der Waals surface area contributed by atoms with Crippen molar-refractivity contribution in [2.75, 3.05) is 19.7 Å². The monoisotopic (exact) mass is 272 g/mol. The third-order valence-corrected chi connectivity index (χ3v) is 2.36. The average Bonchev–Trinajstić information content (AvgIpc) is 2.32. The summed E-state index contributed by atoms with van der Waals surface area (Å²) in [7, 11) is 0. The van der Waals surface area contributed by atoms with Crippen molar-refractivity contribution in [1.29, 1.82) is 0 Å². The molecule has 0 heterocycles. The van der Waals surface area contributed by atoms with E-state index in [2.05, 4.69) is 5.32 Å². The zero-order chi connectivity index (χ0) is 12.5. The van der Waals surface area contributed by atoms with Crippen molar-refractivity contribution in [3.8, 4) is 5.75 Å². The van der Waals surface area contributed by atoms with Crippen molar-refractivity contribution >= 4 is 18.3 Å². The van der Waals surface area contributed by atoms with Gasteiger partial charge in [0.1, 0.15) is 5.75 Å². The molecule has 1 aromatic carbocycles. The summed E-state index contributed by atoms with van der Waals surface area (Å²) in [5, 5.41) is 2.83. The van der Waals surface area contributed by atoms with Gasteiger partial charge in [0.15, 0.2) is 0 Å². The molecule has 1 amide bonds. The maximum absolute atomic E-state index is 11.2. The lowest BCUT2D eigenvalue weighted by molar-refractivity contribution is -0.120. The summed E-state index contributed by atoms with van der Waals surface area (Å²) in [5.74, 6) is 0.893. The highest BCUT2D eigenvalue weighted by atomic mass is 35.5. The first-order chi connectivity index (χ1) is 8.27. The van der Waals surface area contributed by atoms with Gasteiger partial charge in [0, 0.05) is 19.5 Å². The minimum Gasteiger partial charge on any atom is -0.494 e. The first-order valence-electron chi connectivity index (χ1n) is 5.95. The Labute approximate surface area is 114 Å². The highest BCUT2D eigenvalue weighted by molar-refractivity contribution is 5.85. The van der Waals surface area contributed by atoms with Gasteiger partial charge in [0.25, 0.3) is 0 Å². The Morgan fingerprint density at radius 1 is 1.39 bits per heavy atom. The molecule has 0 fully saturated rings. The molecular formula is C13H21ClN2O2. The van der Waals surface area contributed by atoms with Crippen molar-refractivity contribution in [2.24, 2.45) is 5.73 Å². The van der Waals surface area contributed by atoms with Gasteiger partial charge in [-0.3, -0.25) is 4.79 Å². The number of nitrogens with two attached hydrogens (primary N) is 1. The van der Waals surface area contributed by atoms with Gasteiger partial charge in [-0.25, -0.2) is 0 Å². The van der Waals surface area contributed by atoms with Crippen LogP contribution < -0.4 is 15.8 Å². The largest absolute Gasteiger partial charge is 0.494 e. The molecule has 0 spiro atoms. The van der Waals surface area contributed by atoms with Crippen molar-refractivity contribution in [1.82, 2.24) is 5.32 Å². The third kappa shape index (κ3) is 5.89. The molecule has 4 nitrogen and oxygen atoms in total. The SMILES string of the molecule is CCOc1ccccc1CCNC(=O)CCN.Cl. The van der Waals surface area contributed by atoms with Gasteiger partial charge in [-0.15, -0.1) is 12.4 Å². The van der Waals surface area contributed by atoms with Gasteiger partial charge in [0.05, 0.1) is 6.61 Å². The molecule has 0 saturated heterocycles. The van der Waals surface area contributed by atoms with Gasteiger partial charge in [-0.2, -0.15) is 0 Å². The number of amides is 1. The normalized spacial score (nSPS) is 9.44. The Hall–Kier alpha value is -1.26. The molecule has 0 aliphatic rings. The predicted molar refractivity (Wildman–Crippen MR) is 75.2 cm³/mol. The van der Waals surface area contributed by atoms with Crippen LogP contribution in [-0.4, -0.2) is 25.6 Å². The Morgan fingerprint density at radius 2 is 2.11 bits per heavy atom. The molecule has 18 heavy (non-hydrogen) atoms. The second-order valence-corrected chi connectivity index (χ2v) is 3.68. The first kappa shape index (κ1) is 16.7. The zero-order valence-corrected chi connectivity index (χ0v) is 11.5. The lowest BCUT2D eigenvalue weighted by Gasteiger charge is -2.10. The lowest BCUT2D eigenvalue weighted by Crippen LogP contribution is -2.27. The highest BCUT2D eigenvalue weighted by Gasteiger charge is 2.03. The number of hydrogen-bond acceptors (Lipinski definition) is 3. The molecule has 0 aliphatic carbocycles. The number of nitrogens with one attached hydrogen (secondary N) is 1. The van der Waals surface area contributed by atoms with E-state index in [1.54, 1.807) is 0 Å². The minimum atomic E-state index is 0. The fraction of sp³-hybridized carbons (Fsp3) is 0.462. The highest BCUT2D eigenvalue weighted by Crippen LogP contribution is 2.17. The number of carbonyl (C=O) groups excluding carboxylic acids is 1. The van der Waals surface area contributed by atoms with Crippen LogP contribution in [0.4, 0.5) is 0 Å². The first-order valence-corrected chi connectivity index (χ1v) is 5.95. The minimum absolute atomic E-state index is 0. The number of para-hydroxylation sites is 1. The summed E-state index contributed by atoms with van der Waals surface area (Å²) < 4.78 is 5.51. The second-order valence-electron chi connectivity index (χ2n) is 3.68. The van der Waals surface area contributed by atoms with Gasteiger partial charge in [0.2, 0.25) is 5.91 Å². The Bertz CT molecular complexity index is 359. The number of rotatable bonds is 7. The summed E-state index contributed by atoms with van der Waals surface area (Å²) in [6.07, 6.45) is 1.15. The van der Waals surface area contributed by atoms with Crippen LogP contribution in [-0.2, 0) is 11.2 Å². The van der Waals surface area contributed by atoms with E-state index in [1.807, 2.05) is 31.2 Å². The fourth-order valence-electron chi connectivity index (χ4n) is 1.56. The summed E-state index contributed by atoms with van der Waals surface area (Å²) in [4.78, 5) is 11.2. The van der Waals surface area contributed by atoms with Gasteiger partial charge >= 0.3 is 0 Å². The summed E-state index contributed by atoms with van der Waals surface area (Å²) in [5.41, 5.74) is 6.41. The molecule has 0 radical (unpaired) electrons. The van der Waals surface area contributed by atoms with Gasteiger partial charge < -0.3 is 15.8 Å². The second kappa shape index (κ2) is 9.74. The zero-order valence-electron chi connectivity index (χ0n) is 10.6. The van der Waals surface area contributed by atoms with Gasteiger partial charge in [-0.05, 0) is 25.0 Å². The Morgan fingerprint density at radius 3 is 2.78 bits per heavy atom. The predicted octanol–water partition coefficient (Wildman–Crippen LogP) is 1.51. The number of halogens is 1. The molecule has 0 aromatic heterocycles. The Kier molecular flexibility index (Phi) is 9.06. The van der Waals surface area contributed by atoms with E-state index in [0.29, 0.717) is 26.1 Å². The van der Waals surface area contributed by atoms with Crippen LogP contribution in [0.3, 0.4) is 0 Å². The average molecular weight is 273 g/mol. The Balaban J connectivity index is 0.00000289. The number of benzene rings is 1. The molecule has 102 valence electrons. The number of hydrogen-bond donors (Lipinski definition) is 2. The maximum atomic E-state index is 11.2. The van der Waals surface area contributed by atoms with Crippen molar-refractivity contribution in [3.05, 3.63) is 29.8 Å². The molecule has 0 atom stereocenters. The van der Waals surface area contributed by atoms with E-state index < -0.39 is 0 Å². The molecule has 3 N–H and O–H groups in total. The van der Waals surface area contributed by atoms with Crippen LogP contribution in [0.25, 0.3) is 0 Å². The molecule has 0 bridgehead atoms. The molecule has 0 unspecified atom stereocenters. The van der Waals surface area contributed by atoms with Crippen LogP contribution in [0.1, 0.15) is 18.9 Å². The smallest absolute Gasteiger partial charge is 0.221 e. The molecule has 5 heteroatoms. The van der Waals surface area contributed by atoms with Crippen LogP contribution in [0.15, 0.2) is 24.3 Å². The van der Waals surface area contributed by atoms with E-state index in [1.165, 1.54) is 0 Å². The van der Waals surface area contributed by atoms with Crippen LogP contribution in [0, 0.1) is 0 Å². The molecule has 1 aromatic rings. The van der Waals surface area contributed by atoms with E-state index in [-0.39, 0.29) is 18.3 Å². The molecule has 0 saturated carbocycles.